The van der Waals surface area contributed by atoms with Crippen molar-refractivity contribution < 1.29 is 9.59 Å². The summed E-state index contributed by atoms with van der Waals surface area (Å²) in [4.78, 5) is 25.0. The first-order valence-electron chi connectivity index (χ1n) is 4.76. The van der Waals surface area contributed by atoms with Gasteiger partial charge in [0.15, 0.2) is 0 Å². The van der Waals surface area contributed by atoms with Crippen LogP contribution in [0.5, 0.6) is 0 Å². The van der Waals surface area contributed by atoms with Crippen LogP contribution in [0.25, 0.3) is 0 Å². The van der Waals surface area contributed by atoms with Crippen LogP contribution in [0.1, 0.15) is 19.4 Å². The van der Waals surface area contributed by atoms with E-state index in [1.807, 2.05) is 12.3 Å². The molecule has 0 spiro atoms. The minimum absolute atomic E-state index is 0.189. The van der Waals surface area contributed by atoms with Crippen molar-refractivity contribution in [2.24, 2.45) is 0 Å². The predicted molar refractivity (Wildman–Crippen MR) is 55.9 cm³/mol. The monoisotopic (exact) mass is 209 g/mol. The van der Waals surface area contributed by atoms with Crippen molar-refractivity contribution in [3.63, 3.8) is 0 Å². The number of H-pyrrole nitrogens is 1. The van der Waals surface area contributed by atoms with Gasteiger partial charge in [-0.2, -0.15) is 0 Å². The predicted octanol–water partition coefficient (Wildman–Crippen LogP) is 0.155. The van der Waals surface area contributed by atoms with E-state index in [1.54, 1.807) is 13.1 Å². The summed E-state index contributed by atoms with van der Waals surface area (Å²) >= 11 is 0. The molecule has 15 heavy (non-hydrogen) atoms. The summed E-state index contributed by atoms with van der Waals surface area (Å²) < 4.78 is 0. The van der Waals surface area contributed by atoms with Gasteiger partial charge in [0.2, 0.25) is 11.8 Å². The Kier molecular flexibility index (Phi) is 3.91. The van der Waals surface area contributed by atoms with E-state index in [4.69, 9.17) is 0 Å². The maximum atomic E-state index is 11.4. The molecular weight excluding hydrogens is 194 g/mol. The van der Waals surface area contributed by atoms with Crippen LogP contribution in [0.15, 0.2) is 18.5 Å². The van der Waals surface area contributed by atoms with E-state index in [0.29, 0.717) is 6.54 Å². The minimum atomic E-state index is -0.499. The van der Waals surface area contributed by atoms with Crippen molar-refractivity contribution in [1.29, 1.82) is 0 Å². The van der Waals surface area contributed by atoms with Crippen molar-refractivity contribution in [1.82, 2.24) is 15.6 Å². The van der Waals surface area contributed by atoms with Gasteiger partial charge in [-0.1, -0.05) is 0 Å². The number of hydrogen-bond donors (Lipinski definition) is 3. The number of rotatable bonds is 4. The zero-order chi connectivity index (χ0) is 11.3. The molecule has 0 saturated carbocycles. The van der Waals surface area contributed by atoms with Crippen LogP contribution in [-0.4, -0.2) is 22.8 Å². The Labute approximate surface area is 88.3 Å². The van der Waals surface area contributed by atoms with Gasteiger partial charge in [-0.15, -0.1) is 0 Å². The second-order valence-corrected chi connectivity index (χ2v) is 3.36. The van der Waals surface area contributed by atoms with E-state index < -0.39 is 6.04 Å². The Bertz CT molecular complexity index is 332. The van der Waals surface area contributed by atoms with Crippen LogP contribution in [0, 0.1) is 0 Å². The van der Waals surface area contributed by atoms with Crippen LogP contribution in [-0.2, 0) is 16.1 Å². The molecule has 1 aromatic rings. The SMILES string of the molecule is CC(=O)NC(C)C(=O)NCc1cc[nH]c1. The molecule has 1 unspecified atom stereocenters. The second-order valence-electron chi connectivity index (χ2n) is 3.36. The summed E-state index contributed by atoms with van der Waals surface area (Å²) in [6.07, 6.45) is 3.60. The lowest BCUT2D eigenvalue weighted by Crippen LogP contribution is -2.43. The van der Waals surface area contributed by atoms with E-state index in [1.165, 1.54) is 6.92 Å². The first kappa shape index (κ1) is 11.3. The first-order valence-corrected chi connectivity index (χ1v) is 4.76. The molecule has 0 radical (unpaired) electrons. The first-order chi connectivity index (χ1) is 7.09. The Morgan fingerprint density at radius 3 is 2.80 bits per heavy atom. The number of aromatic nitrogens is 1. The van der Waals surface area contributed by atoms with Gasteiger partial charge >= 0.3 is 0 Å². The minimum Gasteiger partial charge on any atom is -0.367 e. The standard InChI is InChI=1S/C10H15N3O2/c1-7(13-8(2)14)10(15)12-6-9-3-4-11-5-9/h3-5,7,11H,6H2,1-2H3,(H,12,15)(H,13,14). The van der Waals surface area contributed by atoms with Gasteiger partial charge in [-0.25, -0.2) is 0 Å². The highest BCUT2D eigenvalue weighted by Gasteiger charge is 2.12. The van der Waals surface area contributed by atoms with Crippen molar-refractivity contribution >= 4 is 11.8 Å². The largest absolute Gasteiger partial charge is 0.367 e. The van der Waals surface area contributed by atoms with Crippen molar-refractivity contribution in [3.8, 4) is 0 Å². The molecule has 82 valence electrons. The average Bonchev–Trinajstić information content (AvgIpc) is 2.65. The van der Waals surface area contributed by atoms with Crippen LogP contribution in [0.3, 0.4) is 0 Å². The van der Waals surface area contributed by atoms with Gasteiger partial charge in [0.25, 0.3) is 0 Å². The highest BCUT2D eigenvalue weighted by Crippen LogP contribution is 1.95. The molecule has 1 atom stereocenters. The summed E-state index contributed by atoms with van der Waals surface area (Å²) in [6.45, 7) is 3.50. The number of hydrogen-bond acceptors (Lipinski definition) is 2. The maximum absolute atomic E-state index is 11.4. The van der Waals surface area contributed by atoms with Gasteiger partial charge < -0.3 is 15.6 Å². The summed E-state index contributed by atoms with van der Waals surface area (Å²) in [7, 11) is 0. The second kappa shape index (κ2) is 5.19. The molecular formula is C10H15N3O2. The third kappa shape index (κ3) is 3.84. The van der Waals surface area contributed by atoms with Gasteiger partial charge in [-0.05, 0) is 18.6 Å². The molecule has 0 aliphatic rings. The smallest absolute Gasteiger partial charge is 0.242 e. The van der Waals surface area contributed by atoms with Crippen molar-refractivity contribution in [3.05, 3.63) is 24.0 Å². The number of carbonyl (C=O) groups excluding carboxylic acids is 2. The molecule has 0 saturated heterocycles. The molecule has 5 heteroatoms. The lowest BCUT2D eigenvalue weighted by molar-refractivity contribution is -0.127. The lowest BCUT2D eigenvalue weighted by Gasteiger charge is -2.12. The number of nitrogens with one attached hydrogen (secondary N) is 3. The van der Waals surface area contributed by atoms with E-state index in [2.05, 4.69) is 15.6 Å². The molecule has 0 fully saturated rings. The van der Waals surface area contributed by atoms with Gasteiger partial charge in [-0.3, -0.25) is 9.59 Å². The molecule has 1 heterocycles. The highest BCUT2D eigenvalue weighted by molar-refractivity contribution is 5.86. The zero-order valence-electron chi connectivity index (χ0n) is 8.83. The van der Waals surface area contributed by atoms with Crippen LogP contribution in [0.2, 0.25) is 0 Å². The van der Waals surface area contributed by atoms with Crippen LogP contribution in [0.4, 0.5) is 0 Å². The Morgan fingerprint density at radius 2 is 2.27 bits per heavy atom. The molecule has 0 bridgehead atoms. The molecule has 0 aromatic carbocycles. The molecule has 0 aliphatic carbocycles. The fraction of sp³-hybridized carbons (Fsp3) is 0.400. The van der Waals surface area contributed by atoms with E-state index in [0.717, 1.165) is 5.56 Å². The normalized spacial score (nSPS) is 11.9. The molecule has 0 aliphatic heterocycles. The highest BCUT2D eigenvalue weighted by atomic mass is 16.2. The van der Waals surface area contributed by atoms with Crippen molar-refractivity contribution in [2.75, 3.05) is 0 Å². The Hall–Kier alpha value is -1.78. The Balaban J connectivity index is 2.32. The van der Waals surface area contributed by atoms with E-state index >= 15 is 0 Å². The van der Waals surface area contributed by atoms with Crippen LogP contribution < -0.4 is 10.6 Å². The third-order valence-corrected chi connectivity index (χ3v) is 1.94. The maximum Gasteiger partial charge on any atom is 0.242 e. The zero-order valence-corrected chi connectivity index (χ0v) is 8.83. The number of aromatic amines is 1. The summed E-state index contributed by atoms with van der Waals surface area (Å²) in [6, 6.07) is 1.38. The van der Waals surface area contributed by atoms with Gasteiger partial charge in [0.1, 0.15) is 6.04 Å². The Morgan fingerprint density at radius 1 is 1.53 bits per heavy atom. The lowest BCUT2D eigenvalue weighted by atomic mass is 10.3. The number of amides is 2. The molecule has 3 N–H and O–H groups in total. The summed E-state index contributed by atoms with van der Waals surface area (Å²) in [5.41, 5.74) is 0.998. The summed E-state index contributed by atoms with van der Waals surface area (Å²) in [5, 5.41) is 5.23. The van der Waals surface area contributed by atoms with E-state index in [9.17, 15) is 9.59 Å². The summed E-state index contributed by atoms with van der Waals surface area (Å²) in [5.74, 6) is -0.398. The number of carbonyl (C=O) groups is 2. The average molecular weight is 209 g/mol. The van der Waals surface area contributed by atoms with Gasteiger partial charge in [0.05, 0.1) is 0 Å². The fourth-order valence-electron chi connectivity index (χ4n) is 1.18. The van der Waals surface area contributed by atoms with Gasteiger partial charge in [0, 0.05) is 25.9 Å². The molecule has 2 amide bonds. The van der Waals surface area contributed by atoms with Crippen LogP contribution >= 0.6 is 0 Å². The van der Waals surface area contributed by atoms with Crippen molar-refractivity contribution in [2.45, 2.75) is 26.4 Å². The topological polar surface area (TPSA) is 74.0 Å². The van der Waals surface area contributed by atoms with E-state index in [-0.39, 0.29) is 11.8 Å². The fourth-order valence-corrected chi connectivity index (χ4v) is 1.18. The molecule has 5 nitrogen and oxygen atoms in total. The third-order valence-electron chi connectivity index (χ3n) is 1.94. The molecule has 1 rings (SSSR count). The molecule has 1 aromatic heterocycles. The quantitative estimate of drug-likeness (QED) is 0.660.